The van der Waals surface area contributed by atoms with Crippen molar-refractivity contribution in [1.82, 2.24) is 4.98 Å². The Labute approximate surface area is 108 Å². The van der Waals surface area contributed by atoms with E-state index in [1.807, 2.05) is 12.1 Å². The normalized spacial score (nSPS) is 11.1. The molecular formula is C13H11NOS2. The van der Waals surface area contributed by atoms with Gasteiger partial charge in [0.05, 0.1) is 16.5 Å². The lowest BCUT2D eigenvalue weighted by molar-refractivity contribution is 0.582. The number of thiazole rings is 1. The van der Waals surface area contributed by atoms with Crippen LogP contribution in [0.5, 0.6) is 0 Å². The molecule has 0 N–H and O–H groups in total. The van der Waals surface area contributed by atoms with Crippen LogP contribution >= 0.6 is 23.1 Å². The van der Waals surface area contributed by atoms with E-state index < -0.39 is 0 Å². The Morgan fingerprint density at radius 1 is 1.35 bits per heavy atom. The molecular weight excluding hydrogens is 250 g/mol. The number of fused-ring (bicyclic) bond motifs is 1. The molecule has 2 heterocycles. The third kappa shape index (κ3) is 2.10. The van der Waals surface area contributed by atoms with Crippen LogP contribution in [0, 0.1) is 0 Å². The Morgan fingerprint density at radius 2 is 2.29 bits per heavy atom. The highest BCUT2D eigenvalue weighted by molar-refractivity contribution is 8.01. The number of hydrogen-bond donors (Lipinski definition) is 0. The van der Waals surface area contributed by atoms with E-state index in [0.29, 0.717) is 0 Å². The van der Waals surface area contributed by atoms with Gasteiger partial charge in [-0.15, -0.1) is 11.3 Å². The van der Waals surface area contributed by atoms with Crippen LogP contribution in [0.15, 0.2) is 45.4 Å². The largest absolute Gasteiger partial charge is 0.464 e. The molecule has 0 spiro atoms. The first-order valence-electron chi connectivity index (χ1n) is 5.44. The Hall–Kier alpha value is -1.26. The van der Waals surface area contributed by atoms with Crippen LogP contribution in [-0.4, -0.2) is 10.7 Å². The lowest BCUT2D eigenvalue weighted by Gasteiger charge is -1.95. The van der Waals surface area contributed by atoms with Gasteiger partial charge >= 0.3 is 0 Å². The fourth-order valence-corrected chi connectivity index (χ4v) is 3.69. The molecule has 86 valence electrons. The van der Waals surface area contributed by atoms with Gasteiger partial charge in [-0.1, -0.05) is 18.7 Å². The molecule has 3 aromatic rings. The molecule has 17 heavy (non-hydrogen) atoms. The zero-order valence-electron chi connectivity index (χ0n) is 9.34. The quantitative estimate of drug-likeness (QED) is 0.641. The van der Waals surface area contributed by atoms with E-state index in [9.17, 15) is 0 Å². The third-order valence-corrected chi connectivity index (χ3v) is 4.49. The second-order valence-electron chi connectivity index (χ2n) is 3.57. The summed E-state index contributed by atoms with van der Waals surface area (Å²) in [6.07, 6.45) is 1.70. The summed E-state index contributed by atoms with van der Waals surface area (Å²) in [6.45, 7) is 2.14. The van der Waals surface area contributed by atoms with Crippen LogP contribution in [0.1, 0.15) is 6.92 Å². The maximum Gasteiger partial charge on any atom is 0.151 e. The Kier molecular flexibility index (Phi) is 2.91. The summed E-state index contributed by atoms with van der Waals surface area (Å²) in [5, 5.41) is 0. The van der Waals surface area contributed by atoms with Gasteiger partial charge in [-0.3, -0.25) is 0 Å². The molecule has 0 aliphatic heterocycles. The summed E-state index contributed by atoms with van der Waals surface area (Å²) in [5.74, 6) is 1.97. The molecule has 4 heteroatoms. The molecule has 3 rings (SSSR count). The van der Waals surface area contributed by atoms with Gasteiger partial charge in [0.15, 0.2) is 4.34 Å². The van der Waals surface area contributed by atoms with E-state index in [2.05, 4.69) is 30.1 Å². The van der Waals surface area contributed by atoms with Gasteiger partial charge in [-0.05, 0) is 36.1 Å². The highest BCUT2D eigenvalue weighted by Gasteiger charge is 2.06. The van der Waals surface area contributed by atoms with Gasteiger partial charge in [0.25, 0.3) is 0 Å². The minimum atomic E-state index is 0.907. The van der Waals surface area contributed by atoms with E-state index in [4.69, 9.17) is 4.42 Å². The third-order valence-electron chi connectivity index (χ3n) is 2.44. The smallest absolute Gasteiger partial charge is 0.151 e. The van der Waals surface area contributed by atoms with Gasteiger partial charge < -0.3 is 4.42 Å². The summed E-state index contributed by atoms with van der Waals surface area (Å²) in [4.78, 5) is 4.58. The highest BCUT2D eigenvalue weighted by Crippen LogP contribution is 2.32. The van der Waals surface area contributed by atoms with E-state index >= 15 is 0 Å². The minimum absolute atomic E-state index is 0.907. The van der Waals surface area contributed by atoms with Gasteiger partial charge in [-0.2, -0.15) is 0 Å². The summed E-state index contributed by atoms with van der Waals surface area (Å²) >= 11 is 3.53. The van der Waals surface area contributed by atoms with Crippen molar-refractivity contribution in [3.63, 3.8) is 0 Å². The summed E-state index contributed by atoms with van der Waals surface area (Å²) in [7, 11) is 0. The number of aromatic nitrogens is 1. The maximum absolute atomic E-state index is 5.40. The average molecular weight is 261 g/mol. The molecule has 2 aromatic heterocycles. The van der Waals surface area contributed by atoms with Crippen molar-refractivity contribution in [2.75, 3.05) is 5.75 Å². The topological polar surface area (TPSA) is 26.0 Å². The van der Waals surface area contributed by atoms with Crippen molar-refractivity contribution in [2.45, 2.75) is 11.3 Å². The zero-order valence-corrected chi connectivity index (χ0v) is 11.0. The molecule has 2 nitrogen and oxygen atoms in total. The molecule has 0 bridgehead atoms. The second-order valence-corrected chi connectivity index (χ2v) is 6.11. The SMILES string of the molecule is CCSc1nc2ccc(-c3ccco3)cc2s1. The van der Waals surface area contributed by atoms with Crippen LogP contribution in [0.2, 0.25) is 0 Å². The number of hydrogen-bond acceptors (Lipinski definition) is 4. The molecule has 0 saturated carbocycles. The average Bonchev–Trinajstić information content (AvgIpc) is 2.96. The summed E-state index contributed by atoms with van der Waals surface area (Å²) in [6, 6.07) is 10.1. The standard InChI is InChI=1S/C13H11NOS2/c1-2-16-13-14-10-6-5-9(8-12(10)17-13)11-4-3-7-15-11/h3-8H,2H2,1H3. The molecule has 0 unspecified atom stereocenters. The van der Waals surface area contributed by atoms with Crippen molar-refractivity contribution >= 4 is 33.3 Å². The highest BCUT2D eigenvalue weighted by atomic mass is 32.2. The lowest BCUT2D eigenvalue weighted by Crippen LogP contribution is -1.73. The fraction of sp³-hybridized carbons (Fsp3) is 0.154. The Balaban J connectivity index is 2.06. The maximum atomic E-state index is 5.40. The van der Waals surface area contributed by atoms with Gasteiger partial charge in [0.2, 0.25) is 0 Å². The van der Waals surface area contributed by atoms with Crippen LogP contribution in [0.25, 0.3) is 21.5 Å². The van der Waals surface area contributed by atoms with Crippen molar-refractivity contribution in [3.05, 3.63) is 36.6 Å². The first-order chi connectivity index (χ1) is 8.36. The van der Waals surface area contributed by atoms with Crippen LogP contribution < -0.4 is 0 Å². The second kappa shape index (κ2) is 4.55. The van der Waals surface area contributed by atoms with E-state index in [1.54, 1.807) is 29.4 Å². The number of rotatable bonds is 3. The monoisotopic (exact) mass is 261 g/mol. The Morgan fingerprint density at radius 3 is 3.06 bits per heavy atom. The molecule has 0 saturated heterocycles. The first kappa shape index (κ1) is 10.9. The van der Waals surface area contributed by atoms with Gasteiger partial charge in [0.1, 0.15) is 5.76 Å². The number of thioether (sulfide) groups is 1. The van der Waals surface area contributed by atoms with E-state index in [0.717, 1.165) is 26.9 Å². The summed E-state index contributed by atoms with van der Waals surface area (Å²) < 4.78 is 7.76. The van der Waals surface area contributed by atoms with E-state index in [1.165, 1.54) is 4.70 Å². The van der Waals surface area contributed by atoms with Crippen molar-refractivity contribution in [2.24, 2.45) is 0 Å². The first-order valence-corrected chi connectivity index (χ1v) is 7.24. The van der Waals surface area contributed by atoms with Gasteiger partial charge in [-0.25, -0.2) is 4.98 Å². The molecule has 0 fully saturated rings. The number of furan rings is 1. The molecule has 0 aliphatic carbocycles. The number of nitrogens with zero attached hydrogens (tertiary/aromatic N) is 1. The fourth-order valence-electron chi connectivity index (χ4n) is 1.68. The molecule has 0 amide bonds. The van der Waals surface area contributed by atoms with E-state index in [-0.39, 0.29) is 0 Å². The van der Waals surface area contributed by atoms with Crippen LogP contribution in [0.4, 0.5) is 0 Å². The van der Waals surface area contributed by atoms with Crippen LogP contribution in [-0.2, 0) is 0 Å². The predicted octanol–water partition coefficient (Wildman–Crippen LogP) is 4.67. The number of benzene rings is 1. The molecule has 1 aromatic carbocycles. The molecule has 0 aliphatic rings. The molecule has 0 atom stereocenters. The zero-order chi connectivity index (χ0) is 11.7. The predicted molar refractivity (Wildman–Crippen MR) is 73.7 cm³/mol. The van der Waals surface area contributed by atoms with Crippen molar-refractivity contribution in [3.8, 4) is 11.3 Å². The van der Waals surface area contributed by atoms with Gasteiger partial charge in [0, 0.05) is 5.56 Å². The lowest BCUT2D eigenvalue weighted by atomic mass is 10.2. The van der Waals surface area contributed by atoms with Crippen molar-refractivity contribution < 1.29 is 4.42 Å². The van der Waals surface area contributed by atoms with Crippen molar-refractivity contribution in [1.29, 1.82) is 0 Å². The summed E-state index contributed by atoms with van der Waals surface area (Å²) in [5.41, 5.74) is 2.18. The molecule has 0 radical (unpaired) electrons. The van der Waals surface area contributed by atoms with Crippen LogP contribution in [0.3, 0.4) is 0 Å². The Bertz CT molecular complexity index is 628. The minimum Gasteiger partial charge on any atom is -0.464 e.